The van der Waals surface area contributed by atoms with Gasteiger partial charge >= 0.3 is 0 Å². The normalized spacial score (nSPS) is 28.4. The molecule has 2 fully saturated rings. The van der Waals surface area contributed by atoms with Crippen molar-refractivity contribution in [1.29, 1.82) is 0 Å². The van der Waals surface area contributed by atoms with Crippen molar-refractivity contribution in [2.45, 2.75) is 30.6 Å². The van der Waals surface area contributed by atoms with Crippen LogP contribution in [-0.4, -0.2) is 26.3 Å². The first-order valence-electron chi connectivity index (χ1n) is 7.40. The number of benzene rings is 1. The average Bonchev–Trinajstić information content (AvgIpc) is 3.04. The number of halogens is 1. The molecule has 4 nitrogen and oxygen atoms in total. The lowest BCUT2D eigenvalue weighted by Crippen LogP contribution is -2.34. The number of hydrogen-bond donors (Lipinski definition) is 1. The fourth-order valence-electron chi connectivity index (χ4n) is 3.94. The van der Waals surface area contributed by atoms with Crippen LogP contribution in [0.2, 0.25) is 0 Å². The Bertz CT molecular complexity index is 647. The molecule has 1 aromatic rings. The zero-order valence-electron chi connectivity index (χ0n) is 12.1. The molecule has 2 aliphatic carbocycles. The molecule has 3 atom stereocenters. The highest BCUT2D eigenvalue weighted by atomic mass is 32.2. The Morgan fingerprint density at radius 1 is 1.33 bits per heavy atom. The molecule has 3 unspecified atom stereocenters. The minimum absolute atomic E-state index is 0.131. The summed E-state index contributed by atoms with van der Waals surface area (Å²) >= 11 is 0. The Hall–Kier alpha value is -1.14. The summed E-state index contributed by atoms with van der Waals surface area (Å²) in [5.74, 6) is 1.16. The van der Waals surface area contributed by atoms with E-state index in [9.17, 15) is 12.8 Å². The minimum atomic E-state index is -3.73. The number of anilines is 1. The Kier molecular flexibility index (Phi) is 3.69. The molecule has 2 aliphatic rings. The second kappa shape index (κ2) is 5.25. The maximum atomic E-state index is 13.5. The summed E-state index contributed by atoms with van der Waals surface area (Å²) in [6, 6.07) is 3.92. The molecule has 0 amide bonds. The van der Waals surface area contributed by atoms with Crippen molar-refractivity contribution in [1.82, 2.24) is 4.31 Å². The highest BCUT2D eigenvalue weighted by molar-refractivity contribution is 7.89. The number of hydrogen-bond acceptors (Lipinski definition) is 3. The van der Waals surface area contributed by atoms with E-state index in [1.807, 2.05) is 0 Å². The molecule has 6 heteroatoms. The van der Waals surface area contributed by atoms with E-state index in [1.165, 1.54) is 41.8 Å². The number of nitrogens with zero attached hydrogens (tertiary/aromatic N) is 1. The van der Waals surface area contributed by atoms with E-state index in [4.69, 9.17) is 5.73 Å². The molecule has 0 radical (unpaired) electrons. The topological polar surface area (TPSA) is 63.4 Å². The van der Waals surface area contributed by atoms with E-state index < -0.39 is 15.8 Å². The summed E-state index contributed by atoms with van der Waals surface area (Å²) in [6.07, 6.45) is 4.85. The van der Waals surface area contributed by atoms with Gasteiger partial charge in [0.05, 0.1) is 5.69 Å². The smallest absolute Gasteiger partial charge is 0.244 e. The second-order valence-corrected chi connectivity index (χ2v) is 8.39. The van der Waals surface area contributed by atoms with E-state index in [0.717, 1.165) is 12.3 Å². The van der Waals surface area contributed by atoms with Gasteiger partial charge in [0.25, 0.3) is 0 Å². The van der Waals surface area contributed by atoms with Crippen LogP contribution in [0.3, 0.4) is 0 Å². The summed E-state index contributed by atoms with van der Waals surface area (Å²) in [5, 5.41) is 0. The number of fused-ring (bicyclic) bond motifs is 2. The van der Waals surface area contributed by atoms with Gasteiger partial charge in [-0.1, -0.05) is 12.5 Å². The average molecular weight is 312 g/mol. The zero-order valence-corrected chi connectivity index (χ0v) is 12.9. The van der Waals surface area contributed by atoms with Crippen LogP contribution in [0, 0.1) is 23.6 Å². The van der Waals surface area contributed by atoms with Gasteiger partial charge in [0, 0.05) is 13.6 Å². The van der Waals surface area contributed by atoms with Gasteiger partial charge in [-0.15, -0.1) is 0 Å². The quantitative estimate of drug-likeness (QED) is 0.869. The highest BCUT2D eigenvalue weighted by Gasteiger charge is 2.41. The molecule has 0 spiro atoms. The summed E-state index contributed by atoms with van der Waals surface area (Å²) < 4.78 is 40.0. The standard InChI is InChI=1S/C15H21FN2O2S/c1-18(9-12-8-10-5-6-11(12)7-10)21(19,20)14-4-2-3-13(16)15(14)17/h2-4,10-12H,5-9,17H2,1H3. The van der Waals surface area contributed by atoms with Crippen molar-refractivity contribution >= 4 is 15.7 Å². The molecule has 0 saturated heterocycles. The van der Waals surface area contributed by atoms with Crippen LogP contribution in [0.25, 0.3) is 0 Å². The predicted molar refractivity (Wildman–Crippen MR) is 79.6 cm³/mol. The lowest BCUT2D eigenvalue weighted by Gasteiger charge is -2.27. The number of para-hydroxylation sites is 1. The van der Waals surface area contributed by atoms with Gasteiger partial charge in [-0.25, -0.2) is 17.1 Å². The summed E-state index contributed by atoms with van der Waals surface area (Å²) in [6.45, 7) is 0.499. The van der Waals surface area contributed by atoms with Gasteiger partial charge in [-0.05, 0) is 49.1 Å². The van der Waals surface area contributed by atoms with E-state index >= 15 is 0 Å². The van der Waals surface area contributed by atoms with Gasteiger partial charge in [-0.2, -0.15) is 0 Å². The molecule has 0 aliphatic heterocycles. The van der Waals surface area contributed by atoms with Crippen molar-refractivity contribution in [3.8, 4) is 0 Å². The van der Waals surface area contributed by atoms with Crippen molar-refractivity contribution < 1.29 is 12.8 Å². The molecule has 3 rings (SSSR count). The van der Waals surface area contributed by atoms with Gasteiger partial charge in [0.2, 0.25) is 10.0 Å². The van der Waals surface area contributed by atoms with Crippen molar-refractivity contribution in [3.05, 3.63) is 24.0 Å². The number of nitrogens with two attached hydrogens (primary N) is 1. The third-order valence-corrected chi connectivity index (χ3v) is 6.96. The molecule has 0 aromatic heterocycles. The zero-order chi connectivity index (χ0) is 15.2. The SMILES string of the molecule is CN(CC1CC2CCC1C2)S(=O)(=O)c1cccc(F)c1N. The number of nitrogen functional groups attached to an aromatic ring is 1. The molecule has 2 bridgehead atoms. The van der Waals surface area contributed by atoms with Crippen molar-refractivity contribution in [2.75, 3.05) is 19.3 Å². The Balaban J connectivity index is 1.79. The monoisotopic (exact) mass is 312 g/mol. The van der Waals surface area contributed by atoms with Crippen LogP contribution >= 0.6 is 0 Å². The van der Waals surface area contributed by atoms with Crippen LogP contribution in [0.4, 0.5) is 10.1 Å². The first-order chi connectivity index (χ1) is 9.89. The summed E-state index contributed by atoms with van der Waals surface area (Å²) in [7, 11) is -2.17. The maximum absolute atomic E-state index is 13.5. The lowest BCUT2D eigenvalue weighted by atomic mass is 9.89. The fourth-order valence-corrected chi connectivity index (χ4v) is 5.29. The Labute approximate surface area is 125 Å². The minimum Gasteiger partial charge on any atom is -0.395 e. The number of sulfonamides is 1. The summed E-state index contributed by atoms with van der Waals surface area (Å²) in [4.78, 5) is -0.131. The first-order valence-corrected chi connectivity index (χ1v) is 8.84. The highest BCUT2D eigenvalue weighted by Crippen LogP contribution is 2.48. The second-order valence-electron chi connectivity index (χ2n) is 6.37. The van der Waals surface area contributed by atoms with Gasteiger partial charge in [0.1, 0.15) is 10.7 Å². The van der Waals surface area contributed by atoms with Crippen LogP contribution in [0.5, 0.6) is 0 Å². The van der Waals surface area contributed by atoms with E-state index in [1.54, 1.807) is 7.05 Å². The van der Waals surface area contributed by atoms with Crippen LogP contribution in [0.1, 0.15) is 25.7 Å². The third kappa shape index (κ3) is 2.55. The fraction of sp³-hybridized carbons (Fsp3) is 0.600. The Morgan fingerprint density at radius 2 is 2.10 bits per heavy atom. The molecule has 0 heterocycles. The molecular weight excluding hydrogens is 291 g/mol. The molecule has 2 N–H and O–H groups in total. The van der Waals surface area contributed by atoms with Gasteiger partial charge in [0.15, 0.2) is 0 Å². The maximum Gasteiger partial charge on any atom is 0.244 e. The van der Waals surface area contributed by atoms with Crippen LogP contribution in [-0.2, 0) is 10.0 Å². The largest absolute Gasteiger partial charge is 0.395 e. The molecule has 1 aromatic carbocycles. The van der Waals surface area contributed by atoms with Crippen molar-refractivity contribution in [3.63, 3.8) is 0 Å². The molecule has 2 saturated carbocycles. The molecule has 116 valence electrons. The Morgan fingerprint density at radius 3 is 2.71 bits per heavy atom. The third-order valence-electron chi connectivity index (χ3n) is 5.08. The summed E-state index contributed by atoms with van der Waals surface area (Å²) in [5.41, 5.74) is 5.30. The van der Waals surface area contributed by atoms with Crippen LogP contribution < -0.4 is 5.73 Å². The van der Waals surface area contributed by atoms with Gasteiger partial charge < -0.3 is 5.73 Å². The lowest BCUT2D eigenvalue weighted by molar-refractivity contribution is 0.280. The van der Waals surface area contributed by atoms with E-state index in [-0.39, 0.29) is 10.6 Å². The van der Waals surface area contributed by atoms with E-state index in [0.29, 0.717) is 18.4 Å². The first kappa shape index (κ1) is 14.8. The van der Waals surface area contributed by atoms with Gasteiger partial charge in [-0.3, -0.25) is 0 Å². The molecular formula is C15H21FN2O2S. The van der Waals surface area contributed by atoms with Crippen LogP contribution in [0.15, 0.2) is 23.1 Å². The predicted octanol–water partition coefficient (Wildman–Crippen LogP) is 2.46. The molecule has 21 heavy (non-hydrogen) atoms. The number of rotatable bonds is 4. The van der Waals surface area contributed by atoms with Crippen molar-refractivity contribution in [2.24, 2.45) is 17.8 Å². The van der Waals surface area contributed by atoms with E-state index in [2.05, 4.69) is 0 Å².